The van der Waals surface area contributed by atoms with E-state index in [1.807, 2.05) is 12.1 Å². The molecule has 0 saturated carbocycles. The second-order valence-corrected chi connectivity index (χ2v) is 6.92. The van der Waals surface area contributed by atoms with Crippen molar-refractivity contribution < 1.29 is 15.0 Å². The first-order valence-electron chi connectivity index (χ1n) is 6.01. The molecule has 0 aliphatic carbocycles. The van der Waals surface area contributed by atoms with E-state index in [2.05, 4.69) is 52.9 Å². The predicted octanol–water partition coefficient (Wildman–Crippen LogP) is 3.78. The standard InChI is InChI=1S/C13H11Br3N2O3/c14-8-4-9(15)12(10(16)5-8)18-6-7(2-1-3-19)11(17-18)13(20)21/h4-6,19H,1-3H2,(H,20,21). The molecule has 0 atom stereocenters. The van der Waals surface area contributed by atoms with Gasteiger partial charge in [0.25, 0.3) is 0 Å². The van der Waals surface area contributed by atoms with Crippen LogP contribution in [0.25, 0.3) is 5.69 Å². The number of carboxylic acids is 1. The molecule has 0 spiro atoms. The van der Waals surface area contributed by atoms with E-state index in [9.17, 15) is 9.90 Å². The highest BCUT2D eigenvalue weighted by Gasteiger charge is 2.18. The first kappa shape index (κ1) is 16.7. The monoisotopic (exact) mass is 480 g/mol. The first-order chi connectivity index (χ1) is 9.93. The maximum atomic E-state index is 11.3. The van der Waals surface area contributed by atoms with Crippen molar-refractivity contribution in [2.75, 3.05) is 6.61 Å². The van der Waals surface area contributed by atoms with Gasteiger partial charge in [0, 0.05) is 31.8 Å². The van der Waals surface area contributed by atoms with Crippen LogP contribution in [0.2, 0.25) is 0 Å². The van der Waals surface area contributed by atoms with Crippen LogP contribution in [0, 0.1) is 0 Å². The average Bonchev–Trinajstić information content (AvgIpc) is 2.79. The zero-order chi connectivity index (χ0) is 15.6. The van der Waals surface area contributed by atoms with Crippen molar-refractivity contribution in [1.82, 2.24) is 9.78 Å². The van der Waals surface area contributed by atoms with Gasteiger partial charge in [-0.2, -0.15) is 5.10 Å². The van der Waals surface area contributed by atoms with Gasteiger partial charge in [-0.05, 0) is 56.8 Å². The fourth-order valence-corrected chi connectivity index (χ4v) is 4.53. The summed E-state index contributed by atoms with van der Waals surface area (Å²) in [6.45, 7) is 0.00983. The Hall–Kier alpha value is -0.700. The van der Waals surface area contributed by atoms with Crippen molar-refractivity contribution >= 4 is 53.8 Å². The number of nitrogens with zero attached hydrogens (tertiary/aromatic N) is 2. The highest BCUT2D eigenvalue weighted by atomic mass is 79.9. The summed E-state index contributed by atoms with van der Waals surface area (Å²) in [5, 5.41) is 22.3. The number of aromatic carboxylic acids is 1. The Kier molecular flexibility index (Phi) is 5.59. The van der Waals surface area contributed by atoms with Crippen LogP contribution in [0.15, 0.2) is 31.7 Å². The van der Waals surface area contributed by atoms with Crippen LogP contribution in [0.3, 0.4) is 0 Å². The third-order valence-corrected chi connectivity index (χ3v) is 4.47. The molecule has 1 aromatic carbocycles. The fourth-order valence-electron chi connectivity index (χ4n) is 1.91. The summed E-state index contributed by atoms with van der Waals surface area (Å²) in [5.41, 5.74) is 1.32. The third kappa shape index (κ3) is 3.74. The van der Waals surface area contributed by atoms with Gasteiger partial charge in [-0.3, -0.25) is 0 Å². The summed E-state index contributed by atoms with van der Waals surface area (Å²) in [5.74, 6) is -1.08. The molecule has 5 nitrogen and oxygen atoms in total. The Labute approximate surface area is 146 Å². The predicted molar refractivity (Wildman–Crippen MR) is 89.0 cm³/mol. The third-order valence-electron chi connectivity index (χ3n) is 2.81. The summed E-state index contributed by atoms with van der Waals surface area (Å²) >= 11 is 10.3. The molecule has 2 N–H and O–H groups in total. The molecule has 0 saturated heterocycles. The number of aliphatic hydroxyl groups is 1. The smallest absolute Gasteiger partial charge is 0.356 e. The molecule has 0 fully saturated rings. The molecule has 21 heavy (non-hydrogen) atoms. The molecular weight excluding hydrogens is 472 g/mol. The van der Waals surface area contributed by atoms with Crippen LogP contribution in [0.4, 0.5) is 0 Å². The second-order valence-electron chi connectivity index (χ2n) is 4.30. The number of halogens is 3. The summed E-state index contributed by atoms with van der Waals surface area (Å²) < 4.78 is 3.96. The summed E-state index contributed by atoms with van der Waals surface area (Å²) in [6, 6.07) is 3.71. The molecule has 8 heteroatoms. The zero-order valence-electron chi connectivity index (χ0n) is 10.7. The van der Waals surface area contributed by atoms with Crippen molar-refractivity contribution in [3.8, 4) is 5.69 Å². The van der Waals surface area contributed by atoms with E-state index in [1.165, 1.54) is 4.68 Å². The van der Waals surface area contributed by atoms with Gasteiger partial charge in [0.05, 0.1) is 5.69 Å². The zero-order valence-corrected chi connectivity index (χ0v) is 15.4. The number of rotatable bonds is 5. The Morgan fingerprint density at radius 3 is 2.38 bits per heavy atom. The average molecular weight is 483 g/mol. The van der Waals surface area contributed by atoms with Crippen LogP contribution in [-0.4, -0.2) is 32.6 Å². The summed E-state index contributed by atoms with van der Waals surface area (Å²) in [4.78, 5) is 11.3. The van der Waals surface area contributed by atoms with Crippen LogP contribution in [-0.2, 0) is 6.42 Å². The summed E-state index contributed by atoms with van der Waals surface area (Å²) in [6.07, 6.45) is 2.64. The molecule has 0 radical (unpaired) electrons. The van der Waals surface area contributed by atoms with Crippen molar-refractivity contribution in [2.45, 2.75) is 12.8 Å². The lowest BCUT2D eigenvalue weighted by atomic mass is 10.1. The van der Waals surface area contributed by atoms with E-state index in [4.69, 9.17) is 5.11 Å². The SMILES string of the molecule is O=C(O)c1nn(-c2c(Br)cc(Br)cc2Br)cc1CCCO. The van der Waals surface area contributed by atoms with Gasteiger partial charge < -0.3 is 10.2 Å². The van der Waals surface area contributed by atoms with Gasteiger partial charge in [-0.15, -0.1) is 0 Å². The highest BCUT2D eigenvalue weighted by Crippen LogP contribution is 2.33. The van der Waals surface area contributed by atoms with E-state index in [1.54, 1.807) is 6.20 Å². The lowest BCUT2D eigenvalue weighted by molar-refractivity contribution is 0.0688. The number of hydrogen-bond acceptors (Lipinski definition) is 3. The number of carbonyl (C=O) groups is 1. The van der Waals surface area contributed by atoms with Gasteiger partial charge >= 0.3 is 5.97 Å². The lowest BCUT2D eigenvalue weighted by Crippen LogP contribution is -2.04. The lowest BCUT2D eigenvalue weighted by Gasteiger charge is -2.08. The van der Waals surface area contributed by atoms with E-state index in [0.717, 1.165) is 19.1 Å². The molecule has 0 bridgehead atoms. The molecule has 1 aromatic heterocycles. The van der Waals surface area contributed by atoms with Crippen molar-refractivity contribution in [1.29, 1.82) is 0 Å². The maximum Gasteiger partial charge on any atom is 0.356 e. The molecule has 0 aliphatic heterocycles. The topological polar surface area (TPSA) is 75.3 Å². The molecular formula is C13H11Br3N2O3. The minimum absolute atomic E-state index is 0.00479. The Bertz CT molecular complexity index is 662. The second kappa shape index (κ2) is 7.04. The Morgan fingerprint density at radius 1 is 1.24 bits per heavy atom. The normalized spacial score (nSPS) is 10.9. The van der Waals surface area contributed by atoms with Crippen LogP contribution in [0.1, 0.15) is 22.5 Å². The van der Waals surface area contributed by atoms with Crippen LogP contribution < -0.4 is 0 Å². The first-order valence-corrected chi connectivity index (χ1v) is 8.39. The Morgan fingerprint density at radius 2 is 1.86 bits per heavy atom. The van der Waals surface area contributed by atoms with Gasteiger partial charge in [-0.1, -0.05) is 15.9 Å². The van der Waals surface area contributed by atoms with Gasteiger partial charge in [0.1, 0.15) is 0 Å². The number of aliphatic hydroxyl groups excluding tert-OH is 1. The number of aryl methyl sites for hydroxylation is 1. The van der Waals surface area contributed by atoms with Crippen molar-refractivity contribution in [3.63, 3.8) is 0 Å². The fraction of sp³-hybridized carbons (Fsp3) is 0.231. The summed E-state index contributed by atoms with van der Waals surface area (Å²) in [7, 11) is 0. The largest absolute Gasteiger partial charge is 0.476 e. The van der Waals surface area contributed by atoms with Crippen molar-refractivity contribution in [2.24, 2.45) is 0 Å². The highest BCUT2D eigenvalue weighted by molar-refractivity contribution is 9.11. The van der Waals surface area contributed by atoms with Gasteiger partial charge in [-0.25, -0.2) is 9.48 Å². The quantitative estimate of drug-likeness (QED) is 0.680. The molecule has 112 valence electrons. The van der Waals surface area contributed by atoms with Gasteiger partial charge in [0.15, 0.2) is 5.69 Å². The molecule has 0 aliphatic rings. The molecule has 2 aromatic rings. The molecule has 1 heterocycles. The van der Waals surface area contributed by atoms with E-state index < -0.39 is 5.97 Å². The number of benzene rings is 1. The molecule has 0 amide bonds. The molecule has 0 unspecified atom stereocenters. The van der Waals surface area contributed by atoms with E-state index in [0.29, 0.717) is 18.4 Å². The minimum atomic E-state index is -1.08. The van der Waals surface area contributed by atoms with Crippen LogP contribution >= 0.6 is 47.8 Å². The Balaban J connectivity index is 2.52. The number of hydrogen-bond donors (Lipinski definition) is 2. The molecule has 2 rings (SSSR count). The van der Waals surface area contributed by atoms with E-state index >= 15 is 0 Å². The minimum Gasteiger partial charge on any atom is -0.476 e. The maximum absolute atomic E-state index is 11.3. The van der Waals surface area contributed by atoms with Gasteiger partial charge in [0.2, 0.25) is 0 Å². The van der Waals surface area contributed by atoms with E-state index in [-0.39, 0.29) is 12.3 Å². The number of aromatic nitrogens is 2. The van der Waals surface area contributed by atoms with Crippen molar-refractivity contribution in [3.05, 3.63) is 43.0 Å². The van der Waals surface area contributed by atoms with Crippen LogP contribution in [0.5, 0.6) is 0 Å². The number of carboxylic acid groups (broad SMARTS) is 1.